The van der Waals surface area contributed by atoms with Crippen molar-refractivity contribution in [1.82, 2.24) is 5.32 Å². The summed E-state index contributed by atoms with van der Waals surface area (Å²) in [4.78, 5) is 0. The minimum atomic E-state index is 0.617. The molecule has 0 fully saturated rings. The second-order valence-electron chi connectivity index (χ2n) is 5.67. The van der Waals surface area contributed by atoms with Crippen LogP contribution in [0.1, 0.15) is 31.9 Å². The molecule has 19 heavy (non-hydrogen) atoms. The minimum absolute atomic E-state index is 0.617. The van der Waals surface area contributed by atoms with E-state index in [1.165, 1.54) is 11.1 Å². The lowest BCUT2D eigenvalue weighted by molar-refractivity contribution is 0.336. The normalized spacial score (nSPS) is 15.4. The molecule has 1 aliphatic heterocycles. The fourth-order valence-corrected chi connectivity index (χ4v) is 2.92. The smallest absolute Gasteiger partial charge is 0.125 e. The Morgan fingerprint density at radius 2 is 2.16 bits per heavy atom. The average molecular weight is 282 g/mol. The van der Waals surface area contributed by atoms with E-state index >= 15 is 0 Å². The maximum Gasteiger partial charge on any atom is 0.125 e. The van der Waals surface area contributed by atoms with Gasteiger partial charge in [-0.1, -0.05) is 32.4 Å². The van der Waals surface area contributed by atoms with Gasteiger partial charge in [0.25, 0.3) is 0 Å². The molecular weight excluding hydrogens is 258 g/mol. The van der Waals surface area contributed by atoms with Gasteiger partial charge in [0.2, 0.25) is 0 Å². The zero-order chi connectivity index (χ0) is 13.8. The molecule has 1 heterocycles. The van der Waals surface area contributed by atoms with Crippen LogP contribution in [0.2, 0.25) is 5.02 Å². The van der Waals surface area contributed by atoms with Gasteiger partial charge in [-0.05, 0) is 54.6 Å². The molecule has 3 heteroatoms. The molecule has 0 bridgehead atoms. The lowest BCUT2D eigenvalue weighted by Gasteiger charge is -2.22. The van der Waals surface area contributed by atoms with Crippen molar-refractivity contribution in [3.8, 4) is 5.75 Å². The van der Waals surface area contributed by atoms with Crippen LogP contribution in [0.4, 0.5) is 0 Å². The van der Waals surface area contributed by atoms with Crippen molar-refractivity contribution in [1.29, 1.82) is 0 Å². The largest absolute Gasteiger partial charge is 0.493 e. The molecule has 0 spiro atoms. The Morgan fingerprint density at radius 3 is 2.84 bits per heavy atom. The summed E-state index contributed by atoms with van der Waals surface area (Å²) in [6.45, 7) is 9.59. The highest BCUT2D eigenvalue weighted by Crippen LogP contribution is 2.35. The number of nitrogens with one attached hydrogen (secondary N) is 1. The van der Waals surface area contributed by atoms with Crippen molar-refractivity contribution in [2.24, 2.45) is 11.8 Å². The van der Waals surface area contributed by atoms with Gasteiger partial charge >= 0.3 is 0 Å². The van der Waals surface area contributed by atoms with Gasteiger partial charge in [-0.15, -0.1) is 0 Å². The molecule has 106 valence electrons. The summed E-state index contributed by atoms with van der Waals surface area (Å²) in [6, 6.07) is 4.12. The molecule has 2 rings (SSSR count). The highest BCUT2D eigenvalue weighted by molar-refractivity contribution is 6.30. The van der Waals surface area contributed by atoms with Crippen molar-refractivity contribution in [2.75, 3.05) is 19.7 Å². The van der Waals surface area contributed by atoms with E-state index in [0.29, 0.717) is 11.8 Å². The van der Waals surface area contributed by atoms with Gasteiger partial charge in [-0.25, -0.2) is 0 Å². The van der Waals surface area contributed by atoms with Gasteiger partial charge in [-0.3, -0.25) is 0 Å². The van der Waals surface area contributed by atoms with Crippen molar-refractivity contribution >= 4 is 11.6 Å². The maximum absolute atomic E-state index is 6.22. The number of benzene rings is 1. The van der Waals surface area contributed by atoms with E-state index in [9.17, 15) is 0 Å². The molecule has 1 aromatic carbocycles. The maximum atomic E-state index is 6.22. The van der Waals surface area contributed by atoms with E-state index in [2.05, 4.69) is 32.2 Å². The van der Waals surface area contributed by atoms with Gasteiger partial charge in [0.1, 0.15) is 5.75 Å². The quantitative estimate of drug-likeness (QED) is 0.858. The first kappa shape index (κ1) is 14.7. The number of hydrogen-bond donors (Lipinski definition) is 1. The molecule has 0 saturated heterocycles. The molecule has 1 unspecified atom stereocenters. The lowest BCUT2D eigenvalue weighted by atomic mass is 9.88. The summed E-state index contributed by atoms with van der Waals surface area (Å²) in [5.74, 6) is 2.35. The van der Waals surface area contributed by atoms with E-state index in [1.54, 1.807) is 0 Å². The van der Waals surface area contributed by atoms with Gasteiger partial charge in [-0.2, -0.15) is 0 Å². The average Bonchev–Trinajstić information content (AvgIpc) is 2.81. The third-order valence-electron chi connectivity index (χ3n) is 3.91. The van der Waals surface area contributed by atoms with E-state index in [-0.39, 0.29) is 0 Å². The Hall–Kier alpha value is -0.730. The third-order valence-corrected chi connectivity index (χ3v) is 4.12. The van der Waals surface area contributed by atoms with Crippen LogP contribution in [0.15, 0.2) is 12.1 Å². The van der Waals surface area contributed by atoms with E-state index < -0.39 is 0 Å². The van der Waals surface area contributed by atoms with Crippen molar-refractivity contribution in [2.45, 2.75) is 33.6 Å². The van der Waals surface area contributed by atoms with Crippen molar-refractivity contribution in [3.63, 3.8) is 0 Å². The van der Waals surface area contributed by atoms with Gasteiger partial charge < -0.3 is 10.1 Å². The Balaban J connectivity index is 2.17. The van der Waals surface area contributed by atoms with Crippen LogP contribution in [-0.2, 0) is 12.8 Å². The molecule has 0 aliphatic carbocycles. The monoisotopic (exact) mass is 281 g/mol. The van der Waals surface area contributed by atoms with Gasteiger partial charge in [0.05, 0.1) is 6.61 Å². The van der Waals surface area contributed by atoms with Crippen LogP contribution in [0.5, 0.6) is 5.75 Å². The summed E-state index contributed by atoms with van der Waals surface area (Å²) in [6.07, 6.45) is 2.02. The number of ether oxygens (including phenoxy) is 1. The molecule has 1 aromatic rings. The van der Waals surface area contributed by atoms with Crippen LogP contribution in [0, 0.1) is 11.8 Å². The molecule has 0 amide bonds. The summed E-state index contributed by atoms with van der Waals surface area (Å²) in [5, 5.41) is 4.30. The van der Waals surface area contributed by atoms with Crippen molar-refractivity contribution in [3.05, 3.63) is 28.3 Å². The molecule has 1 N–H and O–H groups in total. The first-order chi connectivity index (χ1) is 9.11. The molecule has 1 aliphatic rings. The second-order valence-corrected chi connectivity index (χ2v) is 6.10. The Kier molecular flexibility index (Phi) is 5.12. The third kappa shape index (κ3) is 3.64. The molecule has 2 nitrogen and oxygen atoms in total. The first-order valence-corrected chi connectivity index (χ1v) is 7.64. The molecule has 0 radical (unpaired) electrons. The summed E-state index contributed by atoms with van der Waals surface area (Å²) < 4.78 is 5.79. The standard InChI is InChI=1S/C16H24ClNO/c1-4-18-10-14(11(2)3)7-13-9-15(17)8-12-5-6-19-16(12)13/h8-9,11,14,18H,4-7,10H2,1-3H3. The predicted molar refractivity (Wildman–Crippen MR) is 81.2 cm³/mol. The second kappa shape index (κ2) is 6.62. The topological polar surface area (TPSA) is 21.3 Å². The van der Waals surface area contributed by atoms with Crippen LogP contribution in [0.25, 0.3) is 0 Å². The number of halogens is 1. The fraction of sp³-hybridized carbons (Fsp3) is 0.625. The van der Waals surface area contributed by atoms with E-state index in [0.717, 1.165) is 43.3 Å². The lowest BCUT2D eigenvalue weighted by Crippen LogP contribution is -2.27. The van der Waals surface area contributed by atoms with E-state index in [1.807, 2.05) is 6.07 Å². The minimum Gasteiger partial charge on any atom is -0.493 e. The Labute approximate surface area is 121 Å². The van der Waals surface area contributed by atoms with Gasteiger partial charge in [0, 0.05) is 11.4 Å². The summed E-state index contributed by atoms with van der Waals surface area (Å²) in [7, 11) is 0. The summed E-state index contributed by atoms with van der Waals surface area (Å²) >= 11 is 6.22. The van der Waals surface area contributed by atoms with E-state index in [4.69, 9.17) is 16.3 Å². The predicted octanol–water partition coefficient (Wildman–Crippen LogP) is 3.70. The number of hydrogen-bond acceptors (Lipinski definition) is 2. The Bertz CT molecular complexity index is 431. The molecule has 0 aromatic heterocycles. The Morgan fingerprint density at radius 1 is 1.37 bits per heavy atom. The highest BCUT2D eigenvalue weighted by Gasteiger charge is 2.21. The molecule has 1 atom stereocenters. The first-order valence-electron chi connectivity index (χ1n) is 7.26. The van der Waals surface area contributed by atoms with Crippen LogP contribution in [0.3, 0.4) is 0 Å². The number of fused-ring (bicyclic) bond motifs is 1. The SMILES string of the molecule is CCNCC(Cc1cc(Cl)cc2c1OCC2)C(C)C. The molecule has 0 saturated carbocycles. The molecular formula is C16H24ClNO. The van der Waals surface area contributed by atoms with Crippen LogP contribution in [-0.4, -0.2) is 19.7 Å². The summed E-state index contributed by atoms with van der Waals surface area (Å²) in [5.41, 5.74) is 2.55. The fourth-order valence-electron chi connectivity index (χ4n) is 2.65. The number of rotatable bonds is 6. The van der Waals surface area contributed by atoms with Crippen LogP contribution < -0.4 is 10.1 Å². The van der Waals surface area contributed by atoms with Crippen molar-refractivity contribution < 1.29 is 4.74 Å². The van der Waals surface area contributed by atoms with Crippen LogP contribution >= 0.6 is 11.6 Å². The highest BCUT2D eigenvalue weighted by atomic mass is 35.5. The zero-order valence-electron chi connectivity index (χ0n) is 12.1. The van der Waals surface area contributed by atoms with Gasteiger partial charge in [0.15, 0.2) is 0 Å². The zero-order valence-corrected chi connectivity index (χ0v) is 12.9.